The minimum Gasteiger partial charge on any atom is -0.346 e. The molecular formula is C25H26N6O. The second-order valence-corrected chi connectivity index (χ2v) is 8.14. The lowest BCUT2D eigenvalue weighted by molar-refractivity contribution is 0.0950. The number of aromatic nitrogens is 5. The fraction of sp³-hybridized carbons (Fsp3) is 0.240. The van der Waals surface area contributed by atoms with Crippen LogP contribution >= 0.6 is 0 Å². The fourth-order valence-corrected chi connectivity index (χ4v) is 3.24. The van der Waals surface area contributed by atoms with Gasteiger partial charge in [0, 0.05) is 23.4 Å². The van der Waals surface area contributed by atoms with Crippen LogP contribution in [0, 0.1) is 13.8 Å². The predicted molar refractivity (Wildman–Crippen MR) is 124 cm³/mol. The monoisotopic (exact) mass is 426 g/mol. The molecule has 4 aromatic rings. The average Bonchev–Trinajstić information content (AvgIpc) is 3.29. The van der Waals surface area contributed by atoms with Gasteiger partial charge in [0.25, 0.3) is 5.91 Å². The molecule has 7 heteroatoms. The van der Waals surface area contributed by atoms with Crippen molar-refractivity contribution in [3.63, 3.8) is 0 Å². The quantitative estimate of drug-likeness (QED) is 0.490. The number of carbonyl (C=O) groups is 1. The Morgan fingerprint density at radius 1 is 0.938 bits per heavy atom. The molecule has 0 spiro atoms. The van der Waals surface area contributed by atoms with Gasteiger partial charge in [0.15, 0.2) is 5.82 Å². The number of benzene rings is 2. The molecular weight excluding hydrogens is 400 g/mol. The van der Waals surface area contributed by atoms with Crippen molar-refractivity contribution < 1.29 is 4.79 Å². The molecule has 0 saturated heterocycles. The van der Waals surface area contributed by atoms with Gasteiger partial charge in [-0.1, -0.05) is 29.8 Å². The Morgan fingerprint density at radius 2 is 1.69 bits per heavy atom. The van der Waals surface area contributed by atoms with Crippen LogP contribution in [-0.4, -0.2) is 30.6 Å². The lowest BCUT2D eigenvalue weighted by Crippen LogP contribution is -2.23. The Bertz CT molecular complexity index is 1230. The summed E-state index contributed by atoms with van der Waals surface area (Å²) in [6.45, 7) is 8.33. The first-order valence-corrected chi connectivity index (χ1v) is 10.6. The van der Waals surface area contributed by atoms with Crippen LogP contribution in [0.3, 0.4) is 0 Å². The molecule has 7 nitrogen and oxygen atoms in total. The topological polar surface area (TPSA) is 85.6 Å². The highest BCUT2D eigenvalue weighted by Gasteiger charge is 2.14. The van der Waals surface area contributed by atoms with E-state index in [0.29, 0.717) is 23.6 Å². The number of amides is 1. The molecule has 0 aliphatic heterocycles. The van der Waals surface area contributed by atoms with Gasteiger partial charge in [0.1, 0.15) is 6.33 Å². The maximum Gasteiger partial charge on any atom is 0.251 e. The van der Waals surface area contributed by atoms with Crippen molar-refractivity contribution in [3.05, 3.63) is 83.7 Å². The normalized spacial score (nSPS) is 11.0. The maximum absolute atomic E-state index is 13.0. The number of nitrogens with one attached hydrogen (secondary N) is 1. The second kappa shape index (κ2) is 9.09. The first-order valence-electron chi connectivity index (χ1n) is 10.6. The van der Waals surface area contributed by atoms with E-state index >= 15 is 0 Å². The van der Waals surface area contributed by atoms with Crippen LogP contribution in [0.5, 0.6) is 0 Å². The summed E-state index contributed by atoms with van der Waals surface area (Å²) >= 11 is 0. The van der Waals surface area contributed by atoms with E-state index in [2.05, 4.69) is 56.6 Å². The zero-order chi connectivity index (χ0) is 22.7. The van der Waals surface area contributed by atoms with Gasteiger partial charge in [-0.2, -0.15) is 5.10 Å². The molecule has 0 saturated carbocycles. The van der Waals surface area contributed by atoms with E-state index in [9.17, 15) is 4.79 Å². The molecule has 0 radical (unpaired) electrons. The van der Waals surface area contributed by atoms with E-state index in [1.165, 1.54) is 5.56 Å². The smallest absolute Gasteiger partial charge is 0.251 e. The molecule has 0 aliphatic carbocycles. The lowest BCUT2D eigenvalue weighted by atomic mass is 9.98. The number of hydrogen-bond acceptors (Lipinski definition) is 5. The fourth-order valence-electron chi connectivity index (χ4n) is 3.24. The van der Waals surface area contributed by atoms with E-state index in [0.717, 1.165) is 22.4 Å². The van der Waals surface area contributed by atoms with Crippen LogP contribution < -0.4 is 5.32 Å². The number of aryl methyl sites for hydroxylation is 2. The van der Waals surface area contributed by atoms with Crippen LogP contribution in [0.15, 0.2) is 61.2 Å². The van der Waals surface area contributed by atoms with E-state index in [1.807, 2.05) is 43.7 Å². The molecule has 162 valence electrons. The molecule has 2 aromatic carbocycles. The SMILES string of the molecule is Cc1ccc(-c2cc(C(=O)NCc3cnc(C)cn3)cc(-c3ncn(C(C)C)n3)c2)cc1. The van der Waals surface area contributed by atoms with Crippen LogP contribution in [0.1, 0.15) is 47.2 Å². The lowest BCUT2D eigenvalue weighted by Gasteiger charge is -2.10. The number of carbonyl (C=O) groups excluding carboxylic acids is 1. The zero-order valence-corrected chi connectivity index (χ0v) is 18.7. The van der Waals surface area contributed by atoms with Gasteiger partial charge in [-0.15, -0.1) is 0 Å². The molecule has 0 unspecified atom stereocenters. The molecule has 4 rings (SSSR count). The molecule has 2 aromatic heterocycles. The Balaban J connectivity index is 1.68. The number of nitrogens with zero attached hydrogens (tertiary/aromatic N) is 5. The standard InChI is InChI=1S/C25H26N6O/c1-16(2)31-15-29-24(30-31)21-9-20(19-7-5-17(3)6-8-19)10-22(11-21)25(32)28-14-23-13-26-18(4)12-27-23/h5-13,15-16H,14H2,1-4H3,(H,28,32). The Morgan fingerprint density at radius 3 is 2.34 bits per heavy atom. The first kappa shape index (κ1) is 21.4. The highest BCUT2D eigenvalue weighted by molar-refractivity contribution is 5.97. The van der Waals surface area contributed by atoms with Gasteiger partial charge in [-0.3, -0.25) is 14.8 Å². The van der Waals surface area contributed by atoms with Crippen molar-refractivity contribution in [2.75, 3.05) is 0 Å². The minimum atomic E-state index is -0.189. The predicted octanol–water partition coefficient (Wildman–Crippen LogP) is 4.53. The summed E-state index contributed by atoms with van der Waals surface area (Å²) in [7, 11) is 0. The number of rotatable bonds is 6. The van der Waals surface area contributed by atoms with Gasteiger partial charge in [-0.25, -0.2) is 9.67 Å². The van der Waals surface area contributed by atoms with Gasteiger partial charge in [0.05, 0.1) is 24.1 Å². The van der Waals surface area contributed by atoms with E-state index in [-0.39, 0.29) is 11.9 Å². The van der Waals surface area contributed by atoms with Gasteiger partial charge in [-0.05, 0) is 57.0 Å². The van der Waals surface area contributed by atoms with Crippen molar-refractivity contribution in [3.8, 4) is 22.5 Å². The van der Waals surface area contributed by atoms with Gasteiger partial charge < -0.3 is 5.32 Å². The van der Waals surface area contributed by atoms with Crippen molar-refractivity contribution in [1.82, 2.24) is 30.0 Å². The molecule has 32 heavy (non-hydrogen) atoms. The highest BCUT2D eigenvalue weighted by Crippen LogP contribution is 2.27. The largest absolute Gasteiger partial charge is 0.346 e. The van der Waals surface area contributed by atoms with Crippen LogP contribution in [0.25, 0.3) is 22.5 Å². The summed E-state index contributed by atoms with van der Waals surface area (Å²) in [5.74, 6) is 0.400. The second-order valence-electron chi connectivity index (χ2n) is 8.14. The van der Waals surface area contributed by atoms with E-state index in [1.54, 1.807) is 18.7 Å². The van der Waals surface area contributed by atoms with Crippen molar-refractivity contribution >= 4 is 5.91 Å². The molecule has 2 heterocycles. The van der Waals surface area contributed by atoms with Crippen LogP contribution in [-0.2, 0) is 6.54 Å². The first-order chi connectivity index (χ1) is 15.4. The van der Waals surface area contributed by atoms with E-state index in [4.69, 9.17) is 0 Å². The summed E-state index contributed by atoms with van der Waals surface area (Å²) in [4.78, 5) is 26.0. The third kappa shape index (κ3) is 4.88. The molecule has 0 fully saturated rings. The summed E-state index contributed by atoms with van der Waals surface area (Å²) in [6, 6.07) is 14.2. The van der Waals surface area contributed by atoms with Crippen molar-refractivity contribution in [1.29, 1.82) is 0 Å². The molecule has 0 bridgehead atoms. The molecule has 0 aliphatic rings. The Labute approximate surface area is 187 Å². The Kier molecular flexibility index (Phi) is 6.07. The summed E-state index contributed by atoms with van der Waals surface area (Å²) in [6.07, 6.45) is 5.08. The third-order valence-corrected chi connectivity index (χ3v) is 5.14. The third-order valence-electron chi connectivity index (χ3n) is 5.14. The molecule has 0 atom stereocenters. The Hall–Kier alpha value is -3.87. The zero-order valence-electron chi connectivity index (χ0n) is 18.7. The molecule has 1 amide bonds. The van der Waals surface area contributed by atoms with Gasteiger partial charge in [0.2, 0.25) is 0 Å². The van der Waals surface area contributed by atoms with Crippen molar-refractivity contribution in [2.24, 2.45) is 0 Å². The van der Waals surface area contributed by atoms with Crippen LogP contribution in [0.2, 0.25) is 0 Å². The summed E-state index contributed by atoms with van der Waals surface area (Å²) in [5, 5.41) is 7.52. The van der Waals surface area contributed by atoms with Gasteiger partial charge >= 0.3 is 0 Å². The van der Waals surface area contributed by atoms with E-state index < -0.39 is 0 Å². The highest BCUT2D eigenvalue weighted by atomic mass is 16.1. The summed E-state index contributed by atoms with van der Waals surface area (Å²) < 4.78 is 1.81. The average molecular weight is 427 g/mol. The van der Waals surface area contributed by atoms with Crippen LogP contribution in [0.4, 0.5) is 0 Å². The van der Waals surface area contributed by atoms with Crippen molar-refractivity contribution in [2.45, 2.75) is 40.3 Å². The minimum absolute atomic E-state index is 0.189. The maximum atomic E-state index is 13.0. The number of hydrogen-bond donors (Lipinski definition) is 1. The summed E-state index contributed by atoms with van der Waals surface area (Å²) in [5.41, 5.74) is 6.02. The molecule has 1 N–H and O–H groups in total.